The Morgan fingerprint density at radius 3 is 2.42 bits per heavy atom. The fourth-order valence-corrected chi connectivity index (χ4v) is 3.80. The quantitative estimate of drug-likeness (QED) is 0.797. The lowest BCUT2D eigenvalue weighted by Crippen LogP contribution is -2.52. The van der Waals surface area contributed by atoms with E-state index in [1.165, 1.54) is 32.1 Å². The summed E-state index contributed by atoms with van der Waals surface area (Å²) in [7, 11) is 0. The molecule has 1 saturated heterocycles. The maximum absolute atomic E-state index is 10.7. The summed E-state index contributed by atoms with van der Waals surface area (Å²) in [5.74, 6) is 0.617. The molecule has 1 saturated carbocycles. The molecule has 2 atom stereocenters. The summed E-state index contributed by atoms with van der Waals surface area (Å²) in [6.45, 7) is 9.12. The number of rotatable bonds is 3. The Morgan fingerprint density at radius 1 is 1.16 bits per heavy atom. The molecule has 0 spiro atoms. The average Bonchev–Trinajstić information content (AvgIpc) is 2.46. The van der Waals surface area contributed by atoms with E-state index < -0.39 is 5.97 Å². The van der Waals surface area contributed by atoms with E-state index in [-0.39, 0.29) is 0 Å². The minimum atomic E-state index is -0.640. The third kappa shape index (κ3) is 3.95. The molecule has 0 aromatic rings. The molecule has 110 valence electrons. The Hall–Kier alpha value is -0.570. The van der Waals surface area contributed by atoms with Gasteiger partial charge in [0.05, 0.1) is 6.42 Å². The summed E-state index contributed by atoms with van der Waals surface area (Å²) in [6.07, 6.45) is 7.02. The first kappa shape index (κ1) is 14.8. The molecule has 2 rings (SSSR count). The average molecular weight is 267 g/mol. The number of nitrogens with zero attached hydrogens (tertiary/aromatic N) is 1. The summed E-state index contributed by atoms with van der Waals surface area (Å²) in [6, 6.07) is 0.720. The molecule has 0 radical (unpaired) electrons. The summed E-state index contributed by atoms with van der Waals surface area (Å²) >= 11 is 0. The lowest BCUT2D eigenvalue weighted by molar-refractivity contribution is -0.139. The first-order chi connectivity index (χ1) is 8.86. The van der Waals surface area contributed by atoms with Gasteiger partial charge in [-0.15, -0.1) is 0 Å². The largest absolute Gasteiger partial charge is 0.481 e. The monoisotopic (exact) mass is 267 g/mol. The van der Waals surface area contributed by atoms with Crippen molar-refractivity contribution in [3.63, 3.8) is 0 Å². The van der Waals surface area contributed by atoms with Crippen molar-refractivity contribution in [2.75, 3.05) is 13.1 Å². The lowest BCUT2D eigenvalue weighted by atomic mass is 9.76. The van der Waals surface area contributed by atoms with Crippen molar-refractivity contribution in [2.24, 2.45) is 17.3 Å². The van der Waals surface area contributed by atoms with Gasteiger partial charge >= 0.3 is 5.97 Å². The molecule has 2 aliphatic rings. The van der Waals surface area contributed by atoms with E-state index in [1.807, 2.05) is 0 Å². The van der Waals surface area contributed by atoms with Crippen molar-refractivity contribution in [1.29, 1.82) is 0 Å². The van der Waals surface area contributed by atoms with Gasteiger partial charge in [0, 0.05) is 19.1 Å². The second-order valence-corrected chi connectivity index (χ2v) is 7.64. The summed E-state index contributed by atoms with van der Waals surface area (Å²) in [4.78, 5) is 13.2. The van der Waals surface area contributed by atoms with Crippen LogP contribution in [-0.4, -0.2) is 35.1 Å². The third-order valence-corrected chi connectivity index (χ3v) is 5.13. The van der Waals surface area contributed by atoms with E-state index in [0.717, 1.165) is 25.0 Å². The Balaban J connectivity index is 1.77. The maximum atomic E-state index is 10.7. The molecular formula is C16H29NO2. The normalized spacial score (nSPS) is 30.7. The summed E-state index contributed by atoms with van der Waals surface area (Å²) in [5.41, 5.74) is 0.440. The minimum absolute atomic E-state index is 0.355. The molecule has 1 aliphatic heterocycles. The van der Waals surface area contributed by atoms with Gasteiger partial charge in [0.1, 0.15) is 0 Å². The molecule has 3 heteroatoms. The minimum Gasteiger partial charge on any atom is -0.481 e. The number of likely N-dealkylation sites (tertiary alicyclic amines) is 1. The second kappa shape index (κ2) is 5.82. The fourth-order valence-electron chi connectivity index (χ4n) is 3.80. The van der Waals surface area contributed by atoms with Gasteiger partial charge in [0.15, 0.2) is 0 Å². The highest BCUT2D eigenvalue weighted by Gasteiger charge is 2.35. The fraction of sp³-hybridized carbons (Fsp3) is 0.938. The van der Waals surface area contributed by atoms with Crippen LogP contribution < -0.4 is 0 Å². The first-order valence-corrected chi connectivity index (χ1v) is 7.82. The zero-order chi connectivity index (χ0) is 14.0. The predicted octanol–water partition coefficient (Wildman–Crippen LogP) is 3.39. The zero-order valence-corrected chi connectivity index (χ0v) is 12.7. The number of hydrogen-bond donors (Lipinski definition) is 1. The zero-order valence-electron chi connectivity index (χ0n) is 12.7. The highest BCUT2D eigenvalue weighted by atomic mass is 16.4. The first-order valence-electron chi connectivity index (χ1n) is 7.82. The van der Waals surface area contributed by atoms with Crippen LogP contribution in [0, 0.1) is 17.3 Å². The van der Waals surface area contributed by atoms with E-state index in [0.29, 0.717) is 17.8 Å². The number of carboxylic acids is 1. The number of carbonyl (C=O) groups is 1. The molecule has 0 bridgehead atoms. The van der Waals surface area contributed by atoms with E-state index in [4.69, 9.17) is 5.11 Å². The molecule has 3 nitrogen and oxygen atoms in total. The molecule has 1 N–H and O–H groups in total. The highest BCUT2D eigenvalue weighted by molar-refractivity contribution is 5.67. The maximum Gasteiger partial charge on any atom is 0.303 e. The van der Waals surface area contributed by atoms with Crippen LogP contribution in [0.5, 0.6) is 0 Å². The molecule has 0 amide bonds. The van der Waals surface area contributed by atoms with Crippen molar-refractivity contribution in [3.05, 3.63) is 0 Å². The molecule has 1 aliphatic carbocycles. The van der Waals surface area contributed by atoms with E-state index in [9.17, 15) is 4.79 Å². The Labute approximate surface area is 117 Å². The molecule has 2 fully saturated rings. The third-order valence-electron chi connectivity index (χ3n) is 5.13. The molecule has 19 heavy (non-hydrogen) atoms. The predicted molar refractivity (Wildman–Crippen MR) is 77.1 cm³/mol. The Morgan fingerprint density at radius 2 is 1.84 bits per heavy atom. The van der Waals surface area contributed by atoms with Crippen LogP contribution in [0.2, 0.25) is 0 Å². The van der Waals surface area contributed by atoms with Crippen LogP contribution in [-0.2, 0) is 4.79 Å². The smallest absolute Gasteiger partial charge is 0.303 e. The van der Waals surface area contributed by atoms with Gasteiger partial charge in [0.2, 0.25) is 0 Å². The van der Waals surface area contributed by atoms with Crippen LogP contribution >= 0.6 is 0 Å². The summed E-state index contributed by atoms with van der Waals surface area (Å²) < 4.78 is 0. The molecule has 0 aromatic carbocycles. The van der Waals surface area contributed by atoms with E-state index >= 15 is 0 Å². The van der Waals surface area contributed by atoms with Crippen LogP contribution in [0.25, 0.3) is 0 Å². The van der Waals surface area contributed by atoms with Crippen LogP contribution in [0.1, 0.15) is 59.3 Å². The Kier molecular flexibility index (Phi) is 4.54. The van der Waals surface area contributed by atoms with Gasteiger partial charge < -0.3 is 5.11 Å². The molecule has 2 unspecified atom stereocenters. The van der Waals surface area contributed by atoms with Crippen LogP contribution in [0.3, 0.4) is 0 Å². The van der Waals surface area contributed by atoms with Gasteiger partial charge in [-0.3, -0.25) is 9.69 Å². The van der Waals surface area contributed by atoms with Gasteiger partial charge in [-0.25, -0.2) is 0 Å². The van der Waals surface area contributed by atoms with Crippen molar-refractivity contribution in [3.8, 4) is 0 Å². The number of hydrogen-bond acceptors (Lipinski definition) is 2. The second-order valence-electron chi connectivity index (χ2n) is 7.64. The molecule has 1 heterocycles. The van der Waals surface area contributed by atoms with Gasteiger partial charge in [-0.2, -0.15) is 0 Å². The Bertz CT molecular complexity index is 315. The van der Waals surface area contributed by atoms with Crippen molar-refractivity contribution >= 4 is 5.97 Å². The highest BCUT2D eigenvalue weighted by Crippen LogP contribution is 2.39. The van der Waals surface area contributed by atoms with E-state index in [1.54, 1.807) is 0 Å². The lowest BCUT2D eigenvalue weighted by Gasteiger charge is -2.44. The number of carboxylic acid groups (broad SMARTS) is 1. The van der Waals surface area contributed by atoms with E-state index in [2.05, 4.69) is 25.7 Å². The van der Waals surface area contributed by atoms with Crippen molar-refractivity contribution < 1.29 is 9.90 Å². The van der Waals surface area contributed by atoms with Gasteiger partial charge in [0.25, 0.3) is 0 Å². The topological polar surface area (TPSA) is 40.5 Å². The van der Waals surface area contributed by atoms with Crippen LogP contribution in [0.4, 0.5) is 0 Å². The summed E-state index contributed by atoms with van der Waals surface area (Å²) in [5, 5.41) is 8.80. The SMILES string of the molecule is CC(C)(C)C1CCCC(N2CC(CC(=O)O)C2)CC1. The van der Waals surface area contributed by atoms with Gasteiger partial charge in [-0.05, 0) is 42.9 Å². The molecular weight excluding hydrogens is 238 g/mol. The van der Waals surface area contributed by atoms with Gasteiger partial charge in [-0.1, -0.05) is 27.2 Å². The number of aliphatic carboxylic acids is 1. The van der Waals surface area contributed by atoms with Crippen LogP contribution in [0.15, 0.2) is 0 Å². The van der Waals surface area contributed by atoms with Crippen molar-refractivity contribution in [2.45, 2.75) is 65.3 Å². The van der Waals surface area contributed by atoms with Crippen molar-refractivity contribution in [1.82, 2.24) is 4.90 Å². The standard InChI is InChI=1S/C16H29NO2/c1-16(2,3)13-5-4-6-14(8-7-13)17-10-12(11-17)9-15(18)19/h12-14H,4-11H2,1-3H3,(H,18,19). The molecule has 0 aromatic heterocycles.